The number of nitrogens with two attached hydrogens (primary N) is 1. The van der Waals surface area contributed by atoms with Gasteiger partial charge in [-0.2, -0.15) is 0 Å². The number of nitrogen functional groups attached to an aromatic ring is 1. The van der Waals surface area contributed by atoms with Gasteiger partial charge in [-0.3, -0.25) is 0 Å². The Bertz CT molecular complexity index is 447. The first-order chi connectivity index (χ1) is 7.16. The SMILES string of the molecule is CN(C)c1ccc(-c2cc(N)no2)cn1. The summed E-state index contributed by atoms with van der Waals surface area (Å²) < 4.78 is 5.02. The van der Waals surface area contributed by atoms with Gasteiger partial charge in [0.2, 0.25) is 0 Å². The lowest BCUT2D eigenvalue weighted by Crippen LogP contribution is -2.09. The van der Waals surface area contributed by atoms with E-state index in [0.29, 0.717) is 11.6 Å². The molecule has 0 bridgehead atoms. The van der Waals surface area contributed by atoms with Crippen LogP contribution in [0.15, 0.2) is 28.9 Å². The molecule has 2 aromatic heterocycles. The Kier molecular flexibility index (Phi) is 2.29. The molecule has 78 valence electrons. The number of nitrogens with zero attached hydrogens (tertiary/aromatic N) is 3. The molecule has 15 heavy (non-hydrogen) atoms. The average molecular weight is 204 g/mol. The minimum absolute atomic E-state index is 0.377. The summed E-state index contributed by atoms with van der Waals surface area (Å²) in [5.41, 5.74) is 6.33. The van der Waals surface area contributed by atoms with Gasteiger partial charge >= 0.3 is 0 Å². The number of pyridine rings is 1. The standard InChI is InChI=1S/C10H12N4O/c1-14(2)10-4-3-7(6-12-10)8-5-9(11)13-15-8/h3-6H,1-2H3,(H2,11,13). The van der Waals surface area contributed by atoms with Gasteiger partial charge in [-0.1, -0.05) is 5.16 Å². The first kappa shape index (κ1) is 9.51. The van der Waals surface area contributed by atoms with Crippen molar-refractivity contribution in [3.8, 4) is 11.3 Å². The number of rotatable bonds is 2. The van der Waals surface area contributed by atoms with E-state index in [1.54, 1.807) is 12.3 Å². The predicted molar refractivity (Wildman–Crippen MR) is 58.5 cm³/mol. The van der Waals surface area contributed by atoms with Crippen molar-refractivity contribution in [2.24, 2.45) is 0 Å². The molecule has 2 rings (SSSR count). The summed E-state index contributed by atoms with van der Waals surface area (Å²) in [7, 11) is 3.88. The van der Waals surface area contributed by atoms with Crippen LogP contribution in [0.4, 0.5) is 11.6 Å². The van der Waals surface area contributed by atoms with Crippen LogP contribution in [0.25, 0.3) is 11.3 Å². The molecule has 0 aliphatic rings. The van der Waals surface area contributed by atoms with Crippen LogP contribution in [0, 0.1) is 0 Å². The van der Waals surface area contributed by atoms with Crippen LogP contribution in [0.5, 0.6) is 0 Å². The Morgan fingerprint density at radius 2 is 2.13 bits per heavy atom. The third kappa shape index (κ3) is 1.90. The maximum Gasteiger partial charge on any atom is 0.170 e. The Morgan fingerprint density at radius 3 is 2.60 bits per heavy atom. The fraction of sp³-hybridized carbons (Fsp3) is 0.200. The summed E-state index contributed by atoms with van der Waals surface area (Å²) in [4.78, 5) is 6.19. The molecule has 2 heterocycles. The lowest BCUT2D eigenvalue weighted by atomic mass is 10.2. The van der Waals surface area contributed by atoms with Crippen LogP contribution < -0.4 is 10.6 Å². The van der Waals surface area contributed by atoms with E-state index in [9.17, 15) is 0 Å². The van der Waals surface area contributed by atoms with Crippen molar-refractivity contribution in [1.29, 1.82) is 0 Å². The van der Waals surface area contributed by atoms with Gasteiger partial charge in [0.05, 0.1) is 0 Å². The zero-order chi connectivity index (χ0) is 10.8. The van der Waals surface area contributed by atoms with E-state index in [0.717, 1.165) is 11.4 Å². The molecule has 0 saturated heterocycles. The third-order valence-electron chi connectivity index (χ3n) is 2.02. The summed E-state index contributed by atoms with van der Waals surface area (Å²) >= 11 is 0. The van der Waals surface area contributed by atoms with Crippen molar-refractivity contribution in [2.45, 2.75) is 0 Å². The molecule has 5 nitrogen and oxygen atoms in total. The highest BCUT2D eigenvalue weighted by atomic mass is 16.5. The summed E-state index contributed by atoms with van der Waals surface area (Å²) in [6.45, 7) is 0. The second-order valence-electron chi connectivity index (χ2n) is 3.42. The maximum atomic E-state index is 5.46. The highest BCUT2D eigenvalue weighted by molar-refractivity contribution is 5.60. The topological polar surface area (TPSA) is 68.2 Å². The van der Waals surface area contributed by atoms with E-state index >= 15 is 0 Å². The molecule has 0 fully saturated rings. The molecule has 2 aromatic rings. The second-order valence-corrected chi connectivity index (χ2v) is 3.42. The molecule has 5 heteroatoms. The van der Waals surface area contributed by atoms with Gasteiger partial charge < -0.3 is 15.2 Å². The van der Waals surface area contributed by atoms with Gasteiger partial charge in [0.1, 0.15) is 5.82 Å². The molecule has 0 aliphatic heterocycles. The molecule has 0 saturated carbocycles. The molecule has 0 radical (unpaired) electrons. The highest BCUT2D eigenvalue weighted by Gasteiger charge is 2.05. The van der Waals surface area contributed by atoms with E-state index in [1.165, 1.54) is 0 Å². The monoisotopic (exact) mass is 204 g/mol. The largest absolute Gasteiger partial charge is 0.381 e. The van der Waals surface area contributed by atoms with E-state index in [4.69, 9.17) is 10.3 Å². The van der Waals surface area contributed by atoms with Crippen LogP contribution in [-0.2, 0) is 0 Å². The van der Waals surface area contributed by atoms with Crippen molar-refractivity contribution in [3.05, 3.63) is 24.4 Å². The number of hydrogen-bond donors (Lipinski definition) is 1. The smallest absolute Gasteiger partial charge is 0.170 e. The van der Waals surface area contributed by atoms with Gasteiger partial charge in [0.25, 0.3) is 0 Å². The maximum absolute atomic E-state index is 5.46. The van der Waals surface area contributed by atoms with Crippen molar-refractivity contribution < 1.29 is 4.52 Å². The fourth-order valence-corrected chi connectivity index (χ4v) is 1.22. The zero-order valence-electron chi connectivity index (χ0n) is 8.64. The molecule has 0 spiro atoms. The molecule has 0 atom stereocenters. The molecule has 0 unspecified atom stereocenters. The van der Waals surface area contributed by atoms with Gasteiger partial charge in [-0.05, 0) is 12.1 Å². The molecule has 0 amide bonds. The van der Waals surface area contributed by atoms with E-state index < -0.39 is 0 Å². The normalized spacial score (nSPS) is 10.3. The molecule has 0 aromatic carbocycles. The summed E-state index contributed by atoms with van der Waals surface area (Å²) in [5.74, 6) is 1.90. The van der Waals surface area contributed by atoms with Crippen LogP contribution in [0.3, 0.4) is 0 Å². The second kappa shape index (κ2) is 3.61. The Morgan fingerprint density at radius 1 is 1.33 bits per heavy atom. The van der Waals surface area contributed by atoms with Gasteiger partial charge in [-0.25, -0.2) is 4.98 Å². The highest BCUT2D eigenvalue weighted by Crippen LogP contribution is 2.21. The third-order valence-corrected chi connectivity index (χ3v) is 2.02. The van der Waals surface area contributed by atoms with Gasteiger partial charge in [0.15, 0.2) is 11.6 Å². The minimum atomic E-state index is 0.377. The van der Waals surface area contributed by atoms with Crippen molar-refractivity contribution in [3.63, 3.8) is 0 Å². The van der Waals surface area contributed by atoms with Crippen molar-refractivity contribution in [1.82, 2.24) is 10.1 Å². The lowest BCUT2D eigenvalue weighted by molar-refractivity contribution is 0.435. The van der Waals surface area contributed by atoms with Crippen LogP contribution in [0.1, 0.15) is 0 Å². The summed E-state index contributed by atoms with van der Waals surface area (Å²) in [6.07, 6.45) is 1.73. The Balaban J connectivity index is 2.31. The van der Waals surface area contributed by atoms with E-state index in [-0.39, 0.29) is 0 Å². The lowest BCUT2D eigenvalue weighted by Gasteiger charge is -2.10. The zero-order valence-corrected chi connectivity index (χ0v) is 8.64. The van der Waals surface area contributed by atoms with Crippen LogP contribution in [-0.4, -0.2) is 24.2 Å². The Labute approximate surface area is 87.5 Å². The average Bonchev–Trinajstić information content (AvgIpc) is 2.65. The first-order valence-corrected chi connectivity index (χ1v) is 4.53. The molecular weight excluding hydrogens is 192 g/mol. The van der Waals surface area contributed by atoms with Crippen molar-refractivity contribution >= 4 is 11.6 Å². The van der Waals surface area contributed by atoms with Crippen molar-refractivity contribution in [2.75, 3.05) is 24.7 Å². The number of anilines is 2. The molecule has 2 N–H and O–H groups in total. The molecule has 0 aliphatic carbocycles. The van der Waals surface area contributed by atoms with E-state index in [2.05, 4.69) is 10.1 Å². The summed E-state index contributed by atoms with van der Waals surface area (Å²) in [6, 6.07) is 5.50. The quantitative estimate of drug-likeness (QED) is 0.800. The predicted octanol–water partition coefficient (Wildman–Crippen LogP) is 1.38. The Hall–Kier alpha value is -2.04. The van der Waals surface area contributed by atoms with Crippen LogP contribution >= 0.6 is 0 Å². The fourth-order valence-electron chi connectivity index (χ4n) is 1.22. The number of aromatic nitrogens is 2. The van der Waals surface area contributed by atoms with Gasteiger partial charge in [0, 0.05) is 31.9 Å². The van der Waals surface area contributed by atoms with Crippen LogP contribution in [0.2, 0.25) is 0 Å². The first-order valence-electron chi connectivity index (χ1n) is 4.53. The molecular formula is C10H12N4O. The summed E-state index contributed by atoms with van der Waals surface area (Å²) in [5, 5.41) is 3.62. The van der Waals surface area contributed by atoms with Gasteiger partial charge in [-0.15, -0.1) is 0 Å². The number of hydrogen-bond acceptors (Lipinski definition) is 5. The minimum Gasteiger partial charge on any atom is -0.381 e. The van der Waals surface area contributed by atoms with E-state index in [1.807, 2.05) is 31.1 Å².